The normalized spacial score (nSPS) is 21.6. The first-order valence-electron chi connectivity index (χ1n) is 7.14. The lowest BCUT2D eigenvalue weighted by atomic mass is 10.0. The van der Waals surface area contributed by atoms with Gasteiger partial charge in [0.15, 0.2) is 0 Å². The van der Waals surface area contributed by atoms with E-state index in [-0.39, 0.29) is 11.9 Å². The third-order valence-corrected chi connectivity index (χ3v) is 4.14. The van der Waals surface area contributed by atoms with Crippen LogP contribution in [0.5, 0.6) is 0 Å². The molecule has 1 aromatic rings. The summed E-state index contributed by atoms with van der Waals surface area (Å²) in [5.41, 5.74) is 7.73. The Labute approximate surface area is 118 Å². The molecular weight excluding hydrogens is 254 g/mol. The minimum atomic E-state index is -0.456. The summed E-state index contributed by atoms with van der Waals surface area (Å²) in [7, 11) is 0. The van der Waals surface area contributed by atoms with E-state index >= 15 is 0 Å². The van der Waals surface area contributed by atoms with Gasteiger partial charge < -0.3 is 16.0 Å². The van der Waals surface area contributed by atoms with Gasteiger partial charge in [0.05, 0.1) is 6.04 Å². The van der Waals surface area contributed by atoms with Crippen LogP contribution in [-0.4, -0.2) is 30.9 Å². The van der Waals surface area contributed by atoms with Gasteiger partial charge in [0.1, 0.15) is 0 Å². The van der Waals surface area contributed by atoms with Crippen molar-refractivity contribution in [2.75, 3.05) is 18.0 Å². The molecule has 0 unspecified atom stereocenters. The maximum atomic E-state index is 12.6. The number of primary amides is 1. The molecule has 106 valence electrons. The van der Waals surface area contributed by atoms with Gasteiger partial charge in [-0.15, -0.1) is 0 Å². The molecule has 2 amide bonds. The molecule has 5 nitrogen and oxygen atoms in total. The highest BCUT2D eigenvalue weighted by atomic mass is 16.2. The summed E-state index contributed by atoms with van der Waals surface area (Å²) < 4.78 is 0. The molecule has 0 aromatic heterocycles. The van der Waals surface area contributed by atoms with Crippen molar-refractivity contribution in [3.05, 3.63) is 29.3 Å². The van der Waals surface area contributed by atoms with Crippen LogP contribution in [0.15, 0.2) is 18.2 Å². The fourth-order valence-corrected chi connectivity index (χ4v) is 3.01. The number of nitrogens with zero attached hydrogens (tertiary/aromatic N) is 1. The molecule has 1 atom stereocenters. The van der Waals surface area contributed by atoms with Gasteiger partial charge in [0, 0.05) is 17.8 Å². The zero-order chi connectivity index (χ0) is 14.1. The monoisotopic (exact) mass is 273 g/mol. The number of carbonyl (C=O) groups is 2. The van der Waals surface area contributed by atoms with Crippen molar-refractivity contribution < 1.29 is 9.59 Å². The fourth-order valence-electron chi connectivity index (χ4n) is 3.01. The van der Waals surface area contributed by atoms with E-state index in [0.29, 0.717) is 12.1 Å². The van der Waals surface area contributed by atoms with Gasteiger partial charge in [-0.3, -0.25) is 9.59 Å². The van der Waals surface area contributed by atoms with E-state index in [1.165, 1.54) is 0 Å². The van der Waals surface area contributed by atoms with E-state index in [2.05, 4.69) is 5.32 Å². The molecule has 0 spiro atoms. The van der Waals surface area contributed by atoms with Crippen LogP contribution in [0, 0.1) is 0 Å². The minimum absolute atomic E-state index is 0.0908. The Morgan fingerprint density at radius 3 is 2.85 bits per heavy atom. The van der Waals surface area contributed by atoms with Gasteiger partial charge in [-0.25, -0.2) is 0 Å². The number of rotatable bonds is 2. The third-order valence-electron chi connectivity index (χ3n) is 4.14. The summed E-state index contributed by atoms with van der Waals surface area (Å²) >= 11 is 0. The first-order chi connectivity index (χ1) is 9.66. The third kappa shape index (κ3) is 2.29. The molecule has 2 aliphatic heterocycles. The van der Waals surface area contributed by atoms with Gasteiger partial charge >= 0.3 is 0 Å². The zero-order valence-corrected chi connectivity index (χ0v) is 11.4. The molecule has 0 bridgehead atoms. The maximum absolute atomic E-state index is 12.6. The fraction of sp³-hybridized carbons (Fsp3) is 0.467. The lowest BCUT2D eigenvalue weighted by Crippen LogP contribution is -2.48. The van der Waals surface area contributed by atoms with E-state index in [1.54, 1.807) is 17.0 Å². The number of carbonyl (C=O) groups excluding carboxylic acids is 2. The molecule has 1 saturated heterocycles. The molecule has 2 aliphatic rings. The van der Waals surface area contributed by atoms with Crippen LogP contribution >= 0.6 is 0 Å². The van der Waals surface area contributed by atoms with E-state index in [0.717, 1.165) is 43.5 Å². The predicted octanol–water partition coefficient (Wildman–Crippen LogP) is 0.817. The Bertz CT molecular complexity index is 550. The van der Waals surface area contributed by atoms with Crippen LogP contribution in [0.4, 0.5) is 5.69 Å². The van der Waals surface area contributed by atoms with Crippen molar-refractivity contribution >= 4 is 17.5 Å². The summed E-state index contributed by atoms with van der Waals surface area (Å²) in [6, 6.07) is 5.28. The van der Waals surface area contributed by atoms with Crippen molar-refractivity contribution in [3.8, 4) is 0 Å². The molecule has 0 aliphatic carbocycles. The summed E-state index contributed by atoms with van der Waals surface area (Å²) in [5, 5.41) is 3.28. The summed E-state index contributed by atoms with van der Waals surface area (Å²) in [6.45, 7) is 1.59. The molecule has 0 radical (unpaired) electrons. The molecule has 1 fully saturated rings. The van der Waals surface area contributed by atoms with Crippen LogP contribution in [-0.2, 0) is 11.2 Å². The van der Waals surface area contributed by atoms with E-state index in [4.69, 9.17) is 5.73 Å². The quantitative estimate of drug-likeness (QED) is 0.837. The molecule has 2 heterocycles. The second-order valence-electron chi connectivity index (χ2n) is 5.45. The SMILES string of the molecule is NC(=O)c1ccc2c(c1)N(C(=O)[C@@H]1CCCCN1)CC2. The van der Waals surface area contributed by atoms with Crippen molar-refractivity contribution in [3.63, 3.8) is 0 Å². The molecule has 5 heteroatoms. The number of piperidine rings is 1. The highest BCUT2D eigenvalue weighted by molar-refractivity contribution is 6.01. The van der Waals surface area contributed by atoms with Gasteiger partial charge in [-0.05, 0) is 43.5 Å². The van der Waals surface area contributed by atoms with Crippen LogP contribution in [0.2, 0.25) is 0 Å². The Morgan fingerprint density at radius 2 is 2.15 bits per heavy atom. The Kier molecular flexibility index (Phi) is 3.44. The highest BCUT2D eigenvalue weighted by Gasteiger charge is 2.31. The minimum Gasteiger partial charge on any atom is -0.366 e. The maximum Gasteiger partial charge on any atom is 0.248 e. The number of anilines is 1. The summed E-state index contributed by atoms with van der Waals surface area (Å²) in [4.78, 5) is 25.7. The average Bonchev–Trinajstić information content (AvgIpc) is 2.90. The zero-order valence-electron chi connectivity index (χ0n) is 11.4. The van der Waals surface area contributed by atoms with Gasteiger partial charge in [-0.1, -0.05) is 12.5 Å². The topological polar surface area (TPSA) is 75.4 Å². The Hall–Kier alpha value is -1.88. The average molecular weight is 273 g/mol. The number of nitrogens with one attached hydrogen (secondary N) is 1. The molecule has 3 N–H and O–H groups in total. The molecule has 3 rings (SSSR count). The second kappa shape index (κ2) is 5.25. The first-order valence-corrected chi connectivity index (χ1v) is 7.14. The second-order valence-corrected chi connectivity index (χ2v) is 5.45. The van der Waals surface area contributed by atoms with Crippen molar-refractivity contribution in [2.45, 2.75) is 31.7 Å². The molecule has 20 heavy (non-hydrogen) atoms. The smallest absolute Gasteiger partial charge is 0.248 e. The van der Waals surface area contributed by atoms with Crippen molar-refractivity contribution in [2.24, 2.45) is 5.73 Å². The first kappa shape index (κ1) is 13.1. The van der Waals surface area contributed by atoms with Crippen molar-refractivity contribution in [1.29, 1.82) is 0 Å². The van der Waals surface area contributed by atoms with E-state index in [1.807, 2.05) is 6.07 Å². The lowest BCUT2D eigenvalue weighted by molar-refractivity contribution is -0.121. The van der Waals surface area contributed by atoms with Crippen LogP contribution in [0.25, 0.3) is 0 Å². The molecular formula is C15H19N3O2. The van der Waals surface area contributed by atoms with E-state index < -0.39 is 5.91 Å². The molecule has 0 saturated carbocycles. The molecule has 1 aromatic carbocycles. The number of nitrogens with two attached hydrogens (primary N) is 1. The van der Waals surface area contributed by atoms with Gasteiger partial charge in [-0.2, -0.15) is 0 Å². The van der Waals surface area contributed by atoms with E-state index in [9.17, 15) is 9.59 Å². The Morgan fingerprint density at radius 1 is 1.30 bits per heavy atom. The standard InChI is InChI=1S/C15H19N3O2/c16-14(19)11-5-4-10-6-8-18(13(10)9-11)15(20)12-3-1-2-7-17-12/h4-5,9,12,17H,1-3,6-8H2,(H2,16,19)/t12-/m0/s1. The summed E-state index contributed by atoms with van der Waals surface area (Å²) in [6.07, 6.45) is 3.95. The lowest BCUT2D eigenvalue weighted by Gasteiger charge is -2.27. The number of fused-ring (bicyclic) bond motifs is 1. The number of hydrogen-bond acceptors (Lipinski definition) is 3. The highest BCUT2D eigenvalue weighted by Crippen LogP contribution is 2.30. The van der Waals surface area contributed by atoms with Crippen LogP contribution in [0.3, 0.4) is 0 Å². The van der Waals surface area contributed by atoms with Gasteiger partial charge in [0.25, 0.3) is 0 Å². The van der Waals surface area contributed by atoms with Crippen molar-refractivity contribution in [1.82, 2.24) is 5.32 Å². The van der Waals surface area contributed by atoms with Gasteiger partial charge in [0.2, 0.25) is 11.8 Å². The number of hydrogen-bond donors (Lipinski definition) is 2. The van der Waals surface area contributed by atoms with Crippen LogP contribution in [0.1, 0.15) is 35.2 Å². The number of benzene rings is 1. The predicted molar refractivity (Wildman–Crippen MR) is 76.7 cm³/mol. The van der Waals surface area contributed by atoms with Crippen LogP contribution < -0.4 is 16.0 Å². The summed E-state index contributed by atoms with van der Waals surface area (Å²) in [5.74, 6) is -0.340. The number of amides is 2. The Balaban J connectivity index is 1.85. The largest absolute Gasteiger partial charge is 0.366 e.